The van der Waals surface area contributed by atoms with Crippen LogP contribution in [-0.2, 0) is 0 Å². The van der Waals surface area contributed by atoms with E-state index >= 15 is 0 Å². The minimum absolute atomic E-state index is 0.572. The van der Waals surface area contributed by atoms with Crippen molar-refractivity contribution in [1.82, 2.24) is 0 Å². The Balaban J connectivity index is 1.05. The third-order valence-corrected chi connectivity index (χ3v) is 13.1. The molecule has 2 heterocycles. The number of anilines is 3. The Bertz CT molecular complexity index is 3410. The molecule has 292 valence electrons. The summed E-state index contributed by atoms with van der Waals surface area (Å²) in [5, 5.41) is 7.20. The van der Waals surface area contributed by atoms with Crippen LogP contribution < -0.4 is 4.90 Å². The van der Waals surface area contributed by atoms with Gasteiger partial charge in [0.05, 0.1) is 5.69 Å². The summed E-state index contributed by atoms with van der Waals surface area (Å²) < 4.78 is 13.1. The molecule has 1 saturated carbocycles. The van der Waals surface area contributed by atoms with Crippen LogP contribution in [0.4, 0.5) is 17.1 Å². The van der Waals surface area contributed by atoms with Gasteiger partial charge in [-0.25, -0.2) is 0 Å². The molecule has 1 aliphatic carbocycles. The molecule has 9 aromatic carbocycles. The monoisotopic (exact) mass is 785 g/mol. The van der Waals surface area contributed by atoms with Gasteiger partial charge in [0.25, 0.3) is 0 Å². The maximum Gasteiger partial charge on any atom is 0.143 e. The summed E-state index contributed by atoms with van der Waals surface area (Å²) >= 11 is 0. The van der Waals surface area contributed by atoms with Crippen LogP contribution >= 0.6 is 0 Å². The Hall–Kier alpha value is -7.36. The molecule has 0 spiro atoms. The molecule has 0 bridgehead atoms. The van der Waals surface area contributed by atoms with Gasteiger partial charge >= 0.3 is 0 Å². The molecule has 3 nitrogen and oxygen atoms in total. The van der Waals surface area contributed by atoms with Gasteiger partial charge in [0.1, 0.15) is 22.3 Å². The van der Waals surface area contributed by atoms with E-state index in [1.165, 1.54) is 59.6 Å². The van der Waals surface area contributed by atoms with Crippen LogP contribution in [0.25, 0.3) is 88.0 Å². The fraction of sp³-hybridized carbons (Fsp3) is 0.103. The van der Waals surface area contributed by atoms with Gasteiger partial charge in [-0.05, 0) is 94.3 Å². The lowest BCUT2D eigenvalue weighted by atomic mass is 9.80. The second-order valence-corrected chi connectivity index (χ2v) is 16.6. The number of rotatable bonds is 7. The summed E-state index contributed by atoms with van der Waals surface area (Å²) in [6.45, 7) is 0. The standard InChI is InChI=1S/C58H43NO2/c1-2-15-38(16-3-1)44-24-11-17-40-18-12-27-50(56(40)44)47-21-4-7-30-53(47)59(42-35-33-39(34-36-42)45-25-13-28-51-48-22-5-8-31-54(48)60-57(45)51)43-20-10-19-41(37-43)46-26-14-29-52-49-23-6-9-32-55(49)61-58(46)52/h4-14,17-38H,1-3,15-16H2. The molecule has 11 aromatic rings. The van der Waals surface area contributed by atoms with Crippen LogP contribution in [-0.4, -0.2) is 0 Å². The van der Waals surface area contributed by atoms with Crippen LogP contribution in [0.1, 0.15) is 43.6 Å². The predicted molar refractivity (Wildman–Crippen MR) is 255 cm³/mol. The van der Waals surface area contributed by atoms with E-state index in [4.69, 9.17) is 8.83 Å². The van der Waals surface area contributed by atoms with Gasteiger partial charge in [0.15, 0.2) is 0 Å². The van der Waals surface area contributed by atoms with Crippen molar-refractivity contribution >= 4 is 71.7 Å². The third-order valence-electron chi connectivity index (χ3n) is 13.1. The predicted octanol–water partition coefficient (Wildman–Crippen LogP) is 17.2. The van der Waals surface area contributed by atoms with E-state index in [0.29, 0.717) is 5.92 Å². The van der Waals surface area contributed by atoms with E-state index in [2.05, 4.69) is 181 Å². The largest absolute Gasteiger partial charge is 0.455 e. The first-order chi connectivity index (χ1) is 30.3. The molecule has 3 heteroatoms. The lowest BCUT2D eigenvalue weighted by molar-refractivity contribution is 0.445. The maximum atomic E-state index is 6.57. The Labute approximate surface area is 355 Å². The highest BCUT2D eigenvalue weighted by Crippen LogP contribution is 2.47. The molecule has 0 saturated heterocycles. The number of nitrogens with zero attached hydrogens (tertiary/aromatic N) is 1. The summed E-state index contributed by atoms with van der Waals surface area (Å²) in [5.41, 5.74) is 15.2. The van der Waals surface area contributed by atoms with Crippen LogP contribution in [0.2, 0.25) is 0 Å². The molecule has 0 radical (unpaired) electrons. The summed E-state index contributed by atoms with van der Waals surface area (Å²) in [6.07, 6.45) is 6.43. The van der Waals surface area contributed by atoms with Crippen LogP contribution in [0.3, 0.4) is 0 Å². The van der Waals surface area contributed by atoms with Crippen molar-refractivity contribution in [1.29, 1.82) is 0 Å². The van der Waals surface area contributed by atoms with Crippen LogP contribution in [0.15, 0.2) is 203 Å². The average molecular weight is 786 g/mol. The molecular weight excluding hydrogens is 743 g/mol. The highest BCUT2D eigenvalue weighted by atomic mass is 16.3. The van der Waals surface area contributed by atoms with Gasteiger partial charge in [0.2, 0.25) is 0 Å². The third kappa shape index (κ3) is 6.03. The van der Waals surface area contributed by atoms with Crippen LogP contribution in [0, 0.1) is 0 Å². The molecule has 0 aliphatic heterocycles. The zero-order valence-electron chi connectivity index (χ0n) is 33.9. The van der Waals surface area contributed by atoms with Gasteiger partial charge in [-0.2, -0.15) is 0 Å². The maximum absolute atomic E-state index is 6.57. The zero-order chi connectivity index (χ0) is 40.3. The molecule has 0 atom stereocenters. The van der Waals surface area contributed by atoms with Crippen LogP contribution in [0.5, 0.6) is 0 Å². The number of fused-ring (bicyclic) bond motifs is 7. The van der Waals surface area contributed by atoms with Gasteiger partial charge in [-0.15, -0.1) is 0 Å². The highest BCUT2D eigenvalue weighted by molar-refractivity contribution is 6.11. The topological polar surface area (TPSA) is 29.5 Å². The summed E-state index contributed by atoms with van der Waals surface area (Å²) in [6, 6.07) is 70.2. The van der Waals surface area contributed by atoms with Gasteiger partial charge in [0, 0.05) is 49.6 Å². The molecule has 2 aromatic heterocycles. The number of furan rings is 2. The van der Waals surface area contributed by atoms with E-state index in [1.54, 1.807) is 0 Å². The van der Waals surface area contributed by atoms with Gasteiger partial charge in [-0.3, -0.25) is 0 Å². The first-order valence-corrected chi connectivity index (χ1v) is 21.7. The number of benzene rings is 9. The van der Waals surface area contributed by atoms with Crippen molar-refractivity contribution in [3.8, 4) is 33.4 Å². The minimum atomic E-state index is 0.572. The Kier molecular flexibility index (Phi) is 8.59. The van der Waals surface area contributed by atoms with E-state index in [1.807, 2.05) is 18.2 Å². The Morgan fingerprint density at radius 1 is 0.393 bits per heavy atom. The van der Waals surface area contributed by atoms with E-state index in [0.717, 1.165) is 83.2 Å². The smallest absolute Gasteiger partial charge is 0.143 e. The van der Waals surface area contributed by atoms with E-state index < -0.39 is 0 Å². The van der Waals surface area contributed by atoms with Gasteiger partial charge < -0.3 is 13.7 Å². The SMILES string of the molecule is c1cc(-c2cccc3c2oc2ccccc23)cc(N(c2ccc(-c3cccc4c3oc3ccccc34)cc2)c2ccccc2-c2cccc3cccc(C4CCCCC4)c23)c1. The van der Waals surface area contributed by atoms with E-state index in [9.17, 15) is 0 Å². The fourth-order valence-electron chi connectivity index (χ4n) is 10.2. The molecule has 12 rings (SSSR count). The summed E-state index contributed by atoms with van der Waals surface area (Å²) in [7, 11) is 0. The second kappa shape index (κ2) is 14.7. The zero-order valence-corrected chi connectivity index (χ0v) is 33.9. The highest BCUT2D eigenvalue weighted by Gasteiger charge is 2.24. The fourth-order valence-corrected chi connectivity index (χ4v) is 10.2. The average Bonchev–Trinajstić information content (AvgIpc) is 3.91. The quantitative estimate of drug-likeness (QED) is 0.161. The van der Waals surface area contributed by atoms with Crippen molar-refractivity contribution < 1.29 is 8.83 Å². The molecular formula is C58H43NO2. The molecule has 0 N–H and O–H groups in total. The summed E-state index contributed by atoms with van der Waals surface area (Å²) in [4.78, 5) is 2.44. The Morgan fingerprint density at radius 3 is 1.67 bits per heavy atom. The van der Waals surface area contributed by atoms with Crippen molar-refractivity contribution in [2.45, 2.75) is 38.0 Å². The molecule has 61 heavy (non-hydrogen) atoms. The second-order valence-electron chi connectivity index (χ2n) is 16.6. The Morgan fingerprint density at radius 2 is 0.951 bits per heavy atom. The molecule has 1 aliphatic rings. The van der Waals surface area contributed by atoms with Crippen molar-refractivity contribution in [3.63, 3.8) is 0 Å². The molecule has 1 fully saturated rings. The summed E-state index contributed by atoms with van der Waals surface area (Å²) in [5.74, 6) is 0.572. The van der Waals surface area contributed by atoms with Crippen molar-refractivity contribution in [3.05, 3.63) is 200 Å². The van der Waals surface area contributed by atoms with Crippen molar-refractivity contribution in [2.75, 3.05) is 4.90 Å². The van der Waals surface area contributed by atoms with Crippen molar-refractivity contribution in [2.24, 2.45) is 0 Å². The molecule has 0 amide bonds. The molecule has 0 unspecified atom stereocenters. The number of para-hydroxylation sites is 5. The first-order valence-electron chi connectivity index (χ1n) is 21.7. The number of hydrogen-bond donors (Lipinski definition) is 0. The number of hydrogen-bond acceptors (Lipinski definition) is 3. The minimum Gasteiger partial charge on any atom is -0.455 e. The lowest BCUT2D eigenvalue weighted by Gasteiger charge is -2.29. The lowest BCUT2D eigenvalue weighted by Crippen LogP contribution is -2.11. The van der Waals surface area contributed by atoms with E-state index in [-0.39, 0.29) is 0 Å². The normalized spacial score (nSPS) is 13.5. The first kappa shape index (κ1) is 35.6. The van der Waals surface area contributed by atoms with Gasteiger partial charge in [-0.1, -0.05) is 171 Å².